The van der Waals surface area contributed by atoms with E-state index in [-0.39, 0.29) is 0 Å². The van der Waals surface area contributed by atoms with Crippen molar-refractivity contribution in [3.8, 4) is 0 Å². The van der Waals surface area contributed by atoms with Gasteiger partial charge in [-0.15, -0.1) is 0 Å². The predicted octanol–water partition coefficient (Wildman–Crippen LogP) is 0.245. The van der Waals surface area contributed by atoms with Gasteiger partial charge in [0.25, 0.3) is 9.20 Å². The van der Waals surface area contributed by atoms with Gasteiger partial charge < -0.3 is 8.76 Å². The fourth-order valence-electron chi connectivity index (χ4n) is 0.799. The van der Waals surface area contributed by atoms with Gasteiger partial charge in [-0.2, -0.15) is 0 Å². The smallest absolute Gasteiger partial charge is 0.270 e. The van der Waals surface area contributed by atoms with Crippen molar-refractivity contribution in [2.75, 3.05) is 21.1 Å². The molecule has 0 saturated carbocycles. The molecule has 0 amide bonds. The number of hydrogen-bond donors (Lipinski definition) is 0. The van der Waals surface area contributed by atoms with Crippen LogP contribution in [0.3, 0.4) is 0 Å². The van der Waals surface area contributed by atoms with E-state index in [1.54, 1.807) is 0 Å². The molecule has 0 aliphatic heterocycles. The van der Waals surface area contributed by atoms with Gasteiger partial charge in [0.05, 0.1) is 8.96 Å². The molecule has 0 spiro atoms. The topological polar surface area (TPSA) is 15.7 Å². The number of rotatable bonds is 4. The first-order valence-corrected chi connectivity index (χ1v) is 8.98. The van der Waals surface area contributed by atoms with Crippen LogP contribution in [-0.2, 0) is 4.53 Å². The van der Waals surface area contributed by atoms with Gasteiger partial charge in [0.2, 0.25) is 0 Å². The third-order valence-corrected chi connectivity index (χ3v) is 8.30. The molecule has 0 rings (SSSR count). The average Bonchev–Trinajstić information content (AvgIpc) is 1.84. The molecule has 3 nitrogen and oxygen atoms in total. The molecule has 1 atom stereocenters. The molecule has 0 fully saturated rings. The molecule has 5 heteroatoms. The highest BCUT2D eigenvalue weighted by molar-refractivity contribution is 6.67. The minimum atomic E-state index is -1.09. The Morgan fingerprint density at radius 3 is 1.73 bits per heavy atom. The molecule has 0 saturated heterocycles. The van der Waals surface area contributed by atoms with Gasteiger partial charge in [0, 0.05) is 14.1 Å². The predicted molar refractivity (Wildman–Crippen MR) is 54.4 cm³/mol. The molecule has 0 radical (unpaired) electrons. The number of hydroxylamine groups is 2. The van der Waals surface area contributed by atoms with Crippen molar-refractivity contribution >= 4 is 18.2 Å². The van der Waals surface area contributed by atoms with Crippen LogP contribution in [0.15, 0.2) is 0 Å². The Hall–Kier alpha value is 0.314. The van der Waals surface area contributed by atoms with Crippen LogP contribution >= 0.6 is 0 Å². The summed E-state index contributed by atoms with van der Waals surface area (Å²) in [5, 5.41) is 1.81. The molecule has 0 aromatic carbocycles. The van der Waals surface area contributed by atoms with E-state index < -0.39 is 18.2 Å². The summed E-state index contributed by atoms with van der Waals surface area (Å²) in [4.78, 5) is 0. The number of nitrogens with zero attached hydrogens (tertiary/aromatic N) is 2. The lowest BCUT2D eigenvalue weighted by Crippen LogP contribution is -2.45. The van der Waals surface area contributed by atoms with Crippen molar-refractivity contribution in [3.05, 3.63) is 0 Å². The highest BCUT2D eigenvalue weighted by Gasteiger charge is 2.16. The van der Waals surface area contributed by atoms with E-state index in [0.29, 0.717) is 0 Å². The van der Waals surface area contributed by atoms with E-state index in [9.17, 15) is 0 Å². The Balaban J connectivity index is 3.73. The van der Waals surface area contributed by atoms with Crippen molar-refractivity contribution in [1.29, 1.82) is 0 Å². The molecule has 0 aliphatic carbocycles. The molecule has 0 aliphatic rings. The Morgan fingerprint density at radius 1 is 1.00 bits per heavy atom. The SMILES string of the molecule is CN(C)O[SiH](C)N(C)[SiH](C)C. The van der Waals surface area contributed by atoms with Crippen LogP contribution in [0, 0.1) is 0 Å². The molecular weight excluding hydrogens is 172 g/mol. The summed E-state index contributed by atoms with van der Waals surface area (Å²) < 4.78 is 8.05. The second-order valence-electron chi connectivity index (χ2n) is 3.28. The Kier molecular flexibility index (Phi) is 5.19. The second-order valence-corrected chi connectivity index (χ2v) is 9.10. The second kappa shape index (κ2) is 5.05. The van der Waals surface area contributed by atoms with Gasteiger partial charge in [-0.25, -0.2) is 5.06 Å². The molecule has 0 aromatic heterocycles. The Morgan fingerprint density at radius 2 is 1.45 bits per heavy atom. The quantitative estimate of drug-likeness (QED) is 0.469. The van der Waals surface area contributed by atoms with Crippen LogP contribution < -0.4 is 0 Å². The molecule has 0 N–H and O–H groups in total. The largest absolute Gasteiger partial charge is 0.331 e. The van der Waals surface area contributed by atoms with Crippen LogP contribution in [0.5, 0.6) is 0 Å². The van der Waals surface area contributed by atoms with Crippen molar-refractivity contribution in [2.45, 2.75) is 19.6 Å². The van der Waals surface area contributed by atoms with Gasteiger partial charge >= 0.3 is 0 Å². The van der Waals surface area contributed by atoms with Crippen LogP contribution in [0.4, 0.5) is 0 Å². The lowest BCUT2D eigenvalue weighted by atomic mass is 11.2. The van der Waals surface area contributed by atoms with Gasteiger partial charge in [-0.3, -0.25) is 0 Å². The fraction of sp³-hybridized carbons (Fsp3) is 1.00. The highest BCUT2D eigenvalue weighted by Crippen LogP contribution is 1.97. The Labute approximate surface area is 73.4 Å². The minimum absolute atomic E-state index is 0.638. The van der Waals surface area contributed by atoms with Gasteiger partial charge in [0.1, 0.15) is 0 Å². The van der Waals surface area contributed by atoms with E-state index in [1.165, 1.54) is 0 Å². The fourth-order valence-corrected chi connectivity index (χ4v) is 5.08. The summed E-state index contributed by atoms with van der Waals surface area (Å²) in [5.74, 6) is 0. The zero-order valence-corrected chi connectivity index (χ0v) is 10.8. The van der Waals surface area contributed by atoms with Crippen LogP contribution in [0.1, 0.15) is 0 Å². The van der Waals surface area contributed by atoms with E-state index >= 15 is 0 Å². The summed E-state index contributed by atoms with van der Waals surface area (Å²) in [6, 6.07) is 0. The van der Waals surface area contributed by atoms with Crippen LogP contribution in [0.25, 0.3) is 0 Å². The average molecular weight is 192 g/mol. The summed E-state index contributed by atoms with van der Waals surface area (Å²) in [6.45, 7) is 6.86. The molecule has 0 aromatic rings. The Bertz CT molecular complexity index is 111. The molecule has 1 unspecified atom stereocenters. The third kappa shape index (κ3) is 4.70. The van der Waals surface area contributed by atoms with Crippen molar-refractivity contribution in [1.82, 2.24) is 9.29 Å². The van der Waals surface area contributed by atoms with Crippen LogP contribution in [0.2, 0.25) is 19.6 Å². The first-order valence-electron chi connectivity index (χ1n) is 4.01. The summed E-state index contributed by atoms with van der Waals surface area (Å²) in [6.07, 6.45) is 0. The summed E-state index contributed by atoms with van der Waals surface area (Å²) in [7, 11) is 4.34. The zero-order chi connectivity index (χ0) is 9.02. The lowest BCUT2D eigenvalue weighted by molar-refractivity contribution is -0.0141. The normalized spacial score (nSPS) is 15.0. The first kappa shape index (κ1) is 11.3. The van der Waals surface area contributed by atoms with Gasteiger partial charge in [0.15, 0.2) is 0 Å². The molecule has 11 heavy (non-hydrogen) atoms. The third-order valence-electron chi connectivity index (χ3n) is 1.75. The van der Waals surface area contributed by atoms with E-state index in [0.717, 1.165) is 0 Å². The zero-order valence-electron chi connectivity index (χ0n) is 8.46. The first-order chi connectivity index (χ1) is 4.95. The molecule has 68 valence electrons. The number of hydrogen-bond acceptors (Lipinski definition) is 3. The van der Waals surface area contributed by atoms with Crippen molar-refractivity contribution < 1.29 is 4.53 Å². The molecule has 0 bridgehead atoms. The van der Waals surface area contributed by atoms with Gasteiger partial charge in [-0.05, 0) is 13.6 Å². The van der Waals surface area contributed by atoms with E-state index in [1.807, 2.05) is 19.2 Å². The standard InChI is InChI=1S/C6H20N2OSi2/c1-7(2)9-11(6)8(3)10(4)5/h10-11H,1-6H3. The van der Waals surface area contributed by atoms with Crippen molar-refractivity contribution in [3.63, 3.8) is 0 Å². The lowest BCUT2D eigenvalue weighted by Gasteiger charge is -2.28. The molecule has 0 heterocycles. The van der Waals surface area contributed by atoms with E-state index in [2.05, 4.69) is 30.9 Å². The highest BCUT2D eigenvalue weighted by atomic mass is 28.4. The summed E-state index contributed by atoms with van der Waals surface area (Å²) in [5.41, 5.74) is 0. The maximum Gasteiger partial charge on any atom is 0.270 e. The van der Waals surface area contributed by atoms with Crippen molar-refractivity contribution in [2.24, 2.45) is 0 Å². The maximum absolute atomic E-state index is 5.61. The molecular formula is C6H20N2OSi2. The maximum atomic E-state index is 5.61. The summed E-state index contributed by atoms with van der Waals surface area (Å²) >= 11 is 0. The van der Waals surface area contributed by atoms with Gasteiger partial charge in [-0.1, -0.05) is 13.1 Å². The van der Waals surface area contributed by atoms with Crippen LogP contribution in [-0.4, -0.2) is 48.6 Å². The minimum Gasteiger partial charge on any atom is -0.331 e. The van der Waals surface area contributed by atoms with E-state index in [4.69, 9.17) is 4.53 Å². The monoisotopic (exact) mass is 192 g/mol.